The summed E-state index contributed by atoms with van der Waals surface area (Å²) in [6.45, 7) is 5.88. The minimum atomic E-state index is -0.277. The maximum absolute atomic E-state index is 11.1. The Bertz CT molecular complexity index is 414. The van der Waals surface area contributed by atoms with E-state index in [0.717, 1.165) is 18.1 Å². The van der Waals surface area contributed by atoms with E-state index in [-0.39, 0.29) is 5.41 Å². The van der Waals surface area contributed by atoms with E-state index in [0.29, 0.717) is 16.9 Å². The fourth-order valence-corrected chi connectivity index (χ4v) is 1.85. The van der Waals surface area contributed by atoms with Gasteiger partial charge in [0.15, 0.2) is 6.29 Å². The summed E-state index contributed by atoms with van der Waals surface area (Å²) in [7, 11) is 1.51. The third kappa shape index (κ3) is 2.13. The van der Waals surface area contributed by atoms with Crippen LogP contribution in [0.15, 0.2) is 12.1 Å². The number of hydrogen-bond donors (Lipinski definition) is 0. The van der Waals surface area contributed by atoms with Crippen LogP contribution < -0.4 is 4.74 Å². The third-order valence-corrected chi connectivity index (χ3v) is 2.45. The van der Waals surface area contributed by atoms with E-state index < -0.39 is 0 Å². The van der Waals surface area contributed by atoms with Gasteiger partial charge in [0.1, 0.15) is 12.0 Å². The van der Waals surface area contributed by atoms with Gasteiger partial charge >= 0.3 is 0 Å². The molecule has 0 aliphatic carbocycles. The molecule has 0 atom stereocenters. The normalized spacial score (nSPS) is 11.0. The van der Waals surface area contributed by atoms with Crippen LogP contribution in [0, 0.1) is 0 Å². The molecule has 0 saturated carbocycles. The monoisotopic (exact) mass is 220 g/mol. The molecule has 1 rings (SSSR count). The predicted molar refractivity (Wildman–Crippen MR) is 62.5 cm³/mol. The largest absolute Gasteiger partial charge is 0.496 e. The molecule has 0 aliphatic rings. The van der Waals surface area contributed by atoms with Gasteiger partial charge in [-0.15, -0.1) is 0 Å². The fraction of sp³-hybridized carbons (Fsp3) is 0.385. The number of rotatable bonds is 3. The van der Waals surface area contributed by atoms with E-state index in [9.17, 15) is 9.59 Å². The van der Waals surface area contributed by atoms with Crippen LogP contribution in [0.4, 0.5) is 0 Å². The lowest BCUT2D eigenvalue weighted by Gasteiger charge is -2.24. The number of carbonyl (C=O) groups is 2. The number of ether oxygens (including phenoxy) is 1. The fourth-order valence-electron chi connectivity index (χ4n) is 1.85. The van der Waals surface area contributed by atoms with Crippen molar-refractivity contribution in [2.75, 3.05) is 7.11 Å². The summed E-state index contributed by atoms with van der Waals surface area (Å²) in [6, 6.07) is 3.32. The van der Waals surface area contributed by atoms with E-state index in [1.807, 2.05) is 20.8 Å². The molecule has 0 saturated heterocycles. The van der Waals surface area contributed by atoms with E-state index in [1.54, 1.807) is 12.1 Å². The Kier molecular flexibility index (Phi) is 3.48. The van der Waals surface area contributed by atoms with E-state index in [4.69, 9.17) is 4.74 Å². The summed E-state index contributed by atoms with van der Waals surface area (Å²) < 4.78 is 5.12. The molecule has 0 spiro atoms. The summed E-state index contributed by atoms with van der Waals surface area (Å²) in [5.74, 6) is 0.505. The molecule has 0 aromatic heterocycles. The molecule has 3 heteroatoms. The first-order chi connectivity index (χ1) is 7.45. The molecule has 0 heterocycles. The van der Waals surface area contributed by atoms with Gasteiger partial charge in [0, 0.05) is 5.56 Å². The van der Waals surface area contributed by atoms with Crippen molar-refractivity contribution in [3.8, 4) is 5.75 Å². The van der Waals surface area contributed by atoms with E-state index in [1.165, 1.54) is 7.11 Å². The molecule has 86 valence electrons. The molecule has 0 fully saturated rings. The van der Waals surface area contributed by atoms with Crippen molar-refractivity contribution in [2.24, 2.45) is 0 Å². The Balaban J connectivity index is 3.62. The van der Waals surface area contributed by atoms with Crippen molar-refractivity contribution in [2.45, 2.75) is 26.2 Å². The Labute approximate surface area is 95.4 Å². The molecule has 0 radical (unpaired) electrons. The van der Waals surface area contributed by atoms with Gasteiger partial charge in [-0.25, -0.2) is 0 Å². The van der Waals surface area contributed by atoms with Crippen LogP contribution in [0.5, 0.6) is 5.75 Å². The van der Waals surface area contributed by atoms with Crippen LogP contribution in [0.3, 0.4) is 0 Å². The lowest BCUT2D eigenvalue weighted by atomic mass is 9.81. The smallest absolute Gasteiger partial charge is 0.154 e. The van der Waals surface area contributed by atoms with Gasteiger partial charge in [-0.3, -0.25) is 9.59 Å². The minimum Gasteiger partial charge on any atom is -0.496 e. The number of aldehydes is 2. The van der Waals surface area contributed by atoms with Crippen molar-refractivity contribution in [3.05, 3.63) is 28.8 Å². The summed E-state index contributed by atoms with van der Waals surface area (Å²) in [4.78, 5) is 22.1. The number of benzene rings is 1. The van der Waals surface area contributed by atoms with Crippen LogP contribution in [-0.4, -0.2) is 19.7 Å². The minimum absolute atomic E-state index is 0.277. The summed E-state index contributed by atoms with van der Waals surface area (Å²) in [5.41, 5.74) is 1.45. The highest BCUT2D eigenvalue weighted by molar-refractivity contribution is 5.89. The van der Waals surface area contributed by atoms with E-state index >= 15 is 0 Å². The first-order valence-electron chi connectivity index (χ1n) is 5.07. The third-order valence-electron chi connectivity index (χ3n) is 2.45. The lowest BCUT2D eigenvalue weighted by molar-refractivity contribution is 0.111. The van der Waals surface area contributed by atoms with Crippen molar-refractivity contribution in [1.82, 2.24) is 0 Å². The number of carbonyl (C=O) groups excluding carboxylic acids is 2. The van der Waals surface area contributed by atoms with Crippen molar-refractivity contribution in [3.63, 3.8) is 0 Å². The van der Waals surface area contributed by atoms with Crippen LogP contribution in [0.2, 0.25) is 0 Å². The molecule has 16 heavy (non-hydrogen) atoms. The van der Waals surface area contributed by atoms with Crippen LogP contribution in [0.25, 0.3) is 0 Å². The summed E-state index contributed by atoms with van der Waals surface area (Å²) in [5, 5.41) is 0. The zero-order valence-electron chi connectivity index (χ0n) is 10.0. The zero-order valence-corrected chi connectivity index (χ0v) is 10.0. The lowest BCUT2D eigenvalue weighted by Crippen LogP contribution is -2.17. The molecule has 0 amide bonds. The predicted octanol–water partition coefficient (Wildman–Crippen LogP) is 2.62. The maximum Gasteiger partial charge on any atom is 0.154 e. The molecular formula is C13H16O3. The van der Waals surface area contributed by atoms with Crippen molar-refractivity contribution >= 4 is 12.6 Å². The molecule has 3 nitrogen and oxygen atoms in total. The zero-order chi connectivity index (χ0) is 12.3. The second-order valence-electron chi connectivity index (χ2n) is 4.63. The van der Waals surface area contributed by atoms with Crippen molar-refractivity contribution in [1.29, 1.82) is 0 Å². The first-order valence-corrected chi connectivity index (χ1v) is 5.07. The highest BCUT2D eigenvalue weighted by Crippen LogP contribution is 2.33. The second-order valence-corrected chi connectivity index (χ2v) is 4.63. The summed E-state index contributed by atoms with van der Waals surface area (Å²) >= 11 is 0. The van der Waals surface area contributed by atoms with Crippen LogP contribution >= 0.6 is 0 Å². The van der Waals surface area contributed by atoms with Gasteiger partial charge in [-0.1, -0.05) is 20.8 Å². The average Bonchev–Trinajstić information content (AvgIpc) is 2.25. The van der Waals surface area contributed by atoms with Gasteiger partial charge in [-0.2, -0.15) is 0 Å². The molecule has 0 bridgehead atoms. The Morgan fingerprint density at radius 3 is 2.12 bits per heavy atom. The van der Waals surface area contributed by atoms with Gasteiger partial charge in [0.2, 0.25) is 0 Å². The SMILES string of the molecule is COc1ccc(C=O)c(C(C)(C)C)c1C=O. The molecule has 0 unspecified atom stereocenters. The molecule has 1 aromatic carbocycles. The molecular weight excluding hydrogens is 204 g/mol. The van der Waals surface area contributed by atoms with Crippen molar-refractivity contribution < 1.29 is 14.3 Å². The van der Waals surface area contributed by atoms with E-state index in [2.05, 4.69) is 0 Å². The topological polar surface area (TPSA) is 43.4 Å². The average molecular weight is 220 g/mol. The van der Waals surface area contributed by atoms with Crippen LogP contribution in [0.1, 0.15) is 47.1 Å². The standard InChI is InChI=1S/C13H16O3/c1-13(2,3)12-9(7-14)5-6-11(16-4)10(12)8-15/h5-8H,1-4H3. The molecule has 1 aromatic rings. The van der Waals surface area contributed by atoms with Gasteiger partial charge in [-0.05, 0) is 23.1 Å². The quantitative estimate of drug-likeness (QED) is 0.735. The maximum atomic E-state index is 11.1. The highest BCUT2D eigenvalue weighted by atomic mass is 16.5. The molecule has 0 N–H and O–H groups in total. The second kappa shape index (κ2) is 4.47. The highest BCUT2D eigenvalue weighted by Gasteiger charge is 2.24. The number of hydrogen-bond acceptors (Lipinski definition) is 3. The summed E-state index contributed by atoms with van der Waals surface area (Å²) in [6.07, 6.45) is 1.51. The van der Waals surface area contributed by atoms with Gasteiger partial charge in [0.05, 0.1) is 12.7 Å². The van der Waals surface area contributed by atoms with Gasteiger partial charge in [0.25, 0.3) is 0 Å². The molecule has 0 aliphatic heterocycles. The number of methoxy groups -OCH3 is 1. The van der Waals surface area contributed by atoms with Gasteiger partial charge < -0.3 is 4.74 Å². The van der Waals surface area contributed by atoms with Crippen LogP contribution in [-0.2, 0) is 5.41 Å². The Morgan fingerprint density at radius 2 is 1.75 bits per heavy atom. The Morgan fingerprint density at radius 1 is 1.12 bits per heavy atom. The Hall–Kier alpha value is -1.64. The first kappa shape index (κ1) is 12.4.